The number of ether oxygens (including phenoxy) is 1. The minimum absolute atomic E-state index is 0.0434. The zero-order valence-electron chi connectivity index (χ0n) is 23.5. The molecular weight excluding hydrogens is 576 g/mol. The van der Waals surface area contributed by atoms with Gasteiger partial charge in [-0.15, -0.1) is 0 Å². The van der Waals surface area contributed by atoms with Gasteiger partial charge in [-0.3, -0.25) is 4.90 Å². The van der Waals surface area contributed by atoms with Gasteiger partial charge < -0.3 is 25.0 Å². The van der Waals surface area contributed by atoms with Crippen LogP contribution < -0.4 is 15.4 Å². The summed E-state index contributed by atoms with van der Waals surface area (Å²) in [5, 5.41) is 16.3. The predicted octanol–water partition coefficient (Wildman–Crippen LogP) is 4.28. The highest BCUT2D eigenvalue weighted by molar-refractivity contribution is 7.90. The van der Waals surface area contributed by atoms with Gasteiger partial charge in [-0.05, 0) is 49.6 Å². The number of fused-ring (bicyclic) bond motifs is 1. The van der Waals surface area contributed by atoms with Crippen molar-refractivity contribution < 1.29 is 35.8 Å². The maximum Gasteiger partial charge on any atom is 0.406 e. The molecule has 3 N–H and O–H groups in total. The molecule has 0 radical (unpaired) electrons. The number of alkyl halides is 4. The van der Waals surface area contributed by atoms with E-state index in [0.717, 1.165) is 10.8 Å². The number of hydrogen-bond acceptors (Lipinski definition) is 7. The molecule has 0 bridgehead atoms. The Morgan fingerprint density at radius 1 is 1.19 bits per heavy atom. The fourth-order valence-corrected chi connectivity index (χ4v) is 5.69. The Labute approximate surface area is 242 Å². The lowest BCUT2D eigenvalue weighted by molar-refractivity contribution is -0.140. The number of nitrogens with one attached hydrogen (secondary N) is 2. The molecule has 0 unspecified atom stereocenters. The van der Waals surface area contributed by atoms with E-state index in [1.54, 1.807) is 31.2 Å². The van der Waals surface area contributed by atoms with Crippen molar-refractivity contribution in [1.82, 2.24) is 9.47 Å². The molecule has 4 rings (SSSR count). The van der Waals surface area contributed by atoms with Crippen molar-refractivity contribution in [3.8, 4) is 17.6 Å². The van der Waals surface area contributed by atoms with Crippen molar-refractivity contribution in [2.45, 2.75) is 49.3 Å². The smallest absolute Gasteiger partial charge is 0.406 e. The van der Waals surface area contributed by atoms with Crippen LogP contribution in [-0.4, -0.2) is 87.0 Å². The van der Waals surface area contributed by atoms with Crippen molar-refractivity contribution >= 4 is 32.1 Å². The van der Waals surface area contributed by atoms with Gasteiger partial charge in [0.05, 0.1) is 47.6 Å². The average molecular weight is 611 g/mol. The molecule has 2 aromatic carbocycles. The van der Waals surface area contributed by atoms with Crippen LogP contribution in [0.15, 0.2) is 47.4 Å². The summed E-state index contributed by atoms with van der Waals surface area (Å²) in [6.07, 6.45) is -4.74. The summed E-state index contributed by atoms with van der Waals surface area (Å²) in [4.78, 5) is 1.94. The van der Waals surface area contributed by atoms with Crippen LogP contribution >= 0.6 is 0 Å². The molecule has 228 valence electrons. The van der Waals surface area contributed by atoms with Crippen molar-refractivity contribution in [1.29, 1.82) is 0 Å². The molecule has 3 atom stereocenters. The molecule has 13 heteroatoms. The van der Waals surface area contributed by atoms with E-state index in [1.165, 1.54) is 25.3 Å². The molecular formula is C29H34F4N4O4S. The van der Waals surface area contributed by atoms with E-state index in [1.807, 2.05) is 4.90 Å². The molecule has 42 heavy (non-hydrogen) atoms. The standard InChI is InChI=1S/C29H34F4N4O4S/c1-19(38)16-36-13-11-25(23(30)17-36)35-24-7-4-8-27-22(24)14-20(37(27)18-29(31,32)33)6-5-12-34-26-10-9-21(42(3,39)40)15-28(26)41-2/h4,7-10,14-15,19,23,25,34-35,38H,11-13,16-18H2,1-3H3/t19-,23+,25-/m0/s1. The van der Waals surface area contributed by atoms with E-state index >= 15 is 4.39 Å². The van der Waals surface area contributed by atoms with Gasteiger partial charge in [0.1, 0.15) is 18.5 Å². The number of anilines is 2. The summed E-state index contributed by atoms with van der Waals surface area (Å²) in [5.74, 6) is 5.93. The van der Waals surface area contributed by atoms with E-state index in [0.29, 0.717) is 41.8 Å². The Kier molecular flexibility index (Phi) is 9.60. The first kappa shape index (κ1) is 31.5. The van der Waals surface area contributed by atoms with E-state index in [-0.39, 0.29) is 29.4 Å². The summed E-state index contributed by atoms with van der Waals surface area (Å²) in [7, 11) is -2.04. The third kappa shape index (κ3) is 7.87. The van der Waals surface area contributed by atoms with Crippen LogP contribution in [0.2, 0.25) is 0 Å². The monoisotopic (exact) mass is 610 g/mol. The molecule has 1 saturated heterocycles. The summed E-state index contributed by atoms with van der Waals surface area (Å²) in [5.41, 5.74) is 1.44. The quantitative estimate of drug-likeness (QED) is 0.246. The van der Waals surface area contributed by atoms with Crippen LogP contribution in [0.3, 0.4) is 0 Å². The SMILES string of the molecule is COc1cc(S(C)(=O)=O)ccc1NCC#Cc1cc2c(N[C@H]3CCN(C[C@H](C)O)C[C@H]3F)cccc2n1CC(F)(F)F. The highest BCUT2D eigenvalue weighted by atomic mass is 32.2. The summed E-state index contributed by atoms with van der Waals surface area (Å²) >= 11 is 0. The molecule has 1 fully saturated rings. The Hall–Kier alpha value is -3.47. The van der Waals surface area contributed by atoms with Crippen LogP contribution in [0, 0.1) is 11.8 Å². The van der Waals surface area contributed by atoms with Crippen LogP contribution in [-0.2, 0) is 16.4 Å². The summed E-state index contributed by atoms with van der Waals surface area (Å²) in [6.45, 7) is 1.55. The normalized spacial score (nSPS) is 18.8. The zero-order chi connectivity index (χ0) is 30.7. The molecule has 1 aliphatic rings. The number of hydrogen-bond donors (Lipinski definition) is 3. The number of aliphatic hydroxyl groups excluding tert-OH is 1. The van der Waals surface area contributed by atoms with E-state index in [2.05, 4.69) is 22.5 Å². The molecule has 0 saturated carbocycles. The van der Waals surface area contributed by atoms with Gasteiger partial charge in [0.15, 0.2) is 9.84 Å². The molecule has 8 nitrogen and oxygen atoms in total. The summed E-state index contributed by atoms with van der Waals surface area (Å²) in [6, 6.07) is 10.3. The highest BCUT2D eigenvalue weighted by Crippen LogP contribution is 2.32. The van der Waals surface area contributed by atoms with Crippen LogP contribution in [0.25, 0.3) is 10.9 Å². The number of nitrogens with zero attached hydrogens (tertiary/aromatic N) is 2. The maximum atomic E-state index is 15.0. The number of rotatable bonds is 9. The molecule has 2 heterocycles. The van der Waals surface area contributed by atoms with Gasteiger partial charge in [-0.1, -0.05) is 12.0 Å². The zero-order valence-corrected chi connectivity index (χ0v) is 24.3. The third-order valence-corrected chi connectivity index (χ3v) is 8.07. The number of sulfone groups is 1. The second kappa shape index (κ2) is 12.8. The fourth-order valence-electron chi connectivity index (χ4n) is 5.06. The number of piperidine rings is 1. The van der Waals surface area contributed by atoms with Crippen molar-refractivity contribution in [3.63, 3.8) is 0 Å². The second-order valence-electron chi connectivity index (χ2n) is 10.4. The summed E-state index contributed by atoms with van der Waals surface area (Å²) < 4.78 is 85.7. The maximum absolute atomic E-state index is 15.0. The van der Waals surface area contributed by atoms with E-state index in [9.17, 15) is 26.7 Å². The van der Waals surface area contributed by atoms with Gasteiger partial charge in [0.2, 0.25) is 0 Å². The fraction of sp³-hybridized carbons (Fsp3) is 0.448. The van der Waals surface area contributed by atoms with Crippen molar-refractivity contribution in [3.05, 3.63) is 48.2 Å². The van der Waals surface area contributed by atoms with Gasteiger partial charge in [0.25, 0.3) is 0 Å². The minimum Gasteiger partial charge on any atom is -0.495 e. The first-order valence-electron chi connectivity index (χ1n) is 13.4. The lowest BCUT2D eigenvalue weighted by Gasteiger charge is -2.36. The number of benzene rings is 2. The van der Waals surface area contributed by atoms with E-state index < -0.39 is 40.9 Å². The number of β-amino-alcohol motifs (C(OH)–C–C–N with tert-alkyl or cyclic N) is 1. The first-order valence-corrected chi connectivity index (χ1v) is 15.2. The van der Waals surface area contributed by atoms with Crippen molar-refractivity contribution in [2.24, 2.45) is 0 Å². The Bertz CT molecular complexity index is 1580. The van der Waals surface area contributed by atoms with Crippen LogP contribution in [0.1, 0.15) is 19.0 Å². The Balaban J connectivity index is 1.57. The molecule has 3 aromatic rings. The number of aliphatic hydroxyl groups is 1. The molecule has 1 aliphatic heterocycles. The molecule has 0 aliphatic carbocycles. The second-order valence-corrected chi connectivity index (χ2v) is 12.4. The highest BCUT2D eigenvalue weighted by Gasteiger charge is 2.32. The van der Waals surface area contributed by atoms with E-state index in [4.69, 9.17) is 4.74 Å². The first-order chi connectivity index (χ1) is 19.7. The third-order valence-electron chi connectivity index (χ3n) is 6.96. The van der Waals surface area contributed by atoms with Gasteiger partial charge in [0, 0.05) is 43.0 Å². The Morgan fingerprint density at radius 3 is 2.60 bits per heavy atom. The number of methoxy groups -OCH3 is 1. The lowest BCUT2D eigenvalue weighted by atomic mass is 10.0. The molecule has 0 amide bonds. The molecule has 0 spiro atoms. The van der Waals surface area contributed by atoms with Crippen molar-refractivity contribution in [2.75, 3.05) is 50.2 Å². The number of aromatic nitrogens is 1. The van der Waals surface area contributed by atoms with Crippen LogP contribution in [0.4, 0.5) is 28.9 Å². The topological polar surface area (TPSA) is 95.8 Å². The average Bonchev–Trinajstić information content (AvgIpc) is 3.23. The van der Waals surface area contributed by atoms with Gasteiger partial charge >= 0.3 is 6.18 Å². The van der Waals surface area contributed by atoms with Gasteiger partial charge in [-0.2, -0.15) is 13.2 Å². The van der Waals surface area contributed by atoms with Crippen LogP contribution in [0.5, 0.6) is 5.75 Å². The Morgan fingerprint density at radius 2 is 1.95 bits per heavy atom. The lowest BCUT2D eigenvalue weighted by Crippen LogP contribution is -2.49. The number of halogens is 4. The van der Waals surface area contributed by atoms with Gasteiger partial charge in [-0.25, -0.2) is 12.8 Å². The minimum atomic E-state index is -4.50. The number of likely N-dealkylation sites (tertiary alicyclic amines) is 1. The predicted molar refractivity (Wildman–Crippen MR) is 155 cm³/mol. The largest absolute Gasteiger partial charge is 0.495 e. The molecule has 1 aromatic heterocycles.